The van der Waals surface area contributed by atoms with Crippen LogP contribution >= 0.6 is 0 Å². The average Bonchev–Trinajstić information content (AvgIpc) is 2.70. The summed E-state index contributed by atoms with van der Waals surface area (Å²) in [5.74, 6) is 0.471. The first-order valence-electron chi connectivity index (χ1n) is 8.94. The van der Waals surface area contributed by atoms with Crippen LogP contribution in [0.5, 0.6) is 11.5 Å². The highest BCUT2D eigenvalue weighted by molar-refractivity contribution is 5.91. The fourth-order valence-corrected chi connectivity index (χ4v) is 2.77. The number of rotatable bonds is 7. The molecule has 0 aromatic heterocycles. The monoisotopic (exact) mass is 393 g/mol. The molecule has 0 aliphatic heterocycles. The molecule has 29 heavy (non-hydrogen) atoms. The lowest BCUT2D eigenvalue weighted by Crippen LogP contribution is -2.35. The number of anilines is 1. The molecule has 6 nitrogen and oxygen atoms in total. The van der Waals surface area contributed by atoms with Crippen molar-refractivity contribution in [2.45, 2.75) is 12.5 Å². The molecule has 3 rings (SSSR count). The van der Waals surface area contributed by atoms with Crippen LogP contribution in [0.4, 0.5) is 14.9 Å². The molecule has 1 atom stereocenters. The highest BCUT2D eigenvalue weighted by atomic mass is 19.1. The number of amides is 3. The zero-order valence-electron chi connectivity index (χ0n) is 15.5. The Bertz CT molecular complexity index is 978. The molecular formula is C22H20FN3O3. The number of urea groups is 1. The van der Waals surface area contributed by atoms with Crippen molar-refractivity contribution in [1.29, 1.82) is 0 Å². The standard InChI is InChI=1S/C22H20FN3O3/c23-16-9-11-17(12-10-16)25-21(27)14-20(26-22(24)28)15-5-4-8-19(13-15)29-18-6-2-1-3-7-18/h1-13,20H,14H2,(H,25,27)(H3,24,26,28). The third-order valence-electron chi connectivity index (χ3n) is 4.07. The van der Waals surface area contributed by atoms with Gasteiger partial charge in [-0.25, -0.2) is 9.18 Å². The van der Waals surface area contributed by atoms with Crippen LogP contribution in [-0.2, 0) is 4.79 Å². The molecule has 0 heterocycles. The second-order valence-electron chi connectivity index (χ2n) is 6.31. The summed E-state index contributed by atoms with van der Waals surface area (Å²) in [6.07, 6.45) is -0.0604. The number of benzene rings is 3. The summed E-state index contributed by atoms with van der Waals surface area (Å²) in [4.78, 5) is 23.9. The fourth-order valence-electron chi connectivity index (χ4n) is 2.77. The van der Waals surface area contributed by atoms with Gasteiger partial charge < -0.3 is 21.1 Å². The minimum absolute atomic E-state index is 0.0604. The van der Waals surface area contributed by atoms with Gasteiger partial charge in [-0.3, -0.25) is 4.79 Å². The molecule has 0 aliphatic rings. The minimum atomic E-state index is -0.751. The first kappa shape index (κ1) is 19.9. The van der Waals surface area contributed by atoms with Gasteiger partial charge in [0.25, 0.3) is 0 Å². The van der Waals surface area contributed by atoms with Crippen molar-refractivity contribution >= 4 is 17.6 Å². The van der Waals surface area contributed by atoms with Gasteiger partial charge >= 0.3 is 6.03 Å². The number of ether oxygens (including phenoxy) is 1. The molecule has 0 radical (unpaired) electrons. The maximum absolute atomic E-state index is 13.0. The van der Waals surface area contributed by atoms with Gasteiger partial charge in [0.15, 0.2) is 0 Å². The van der Waals surface area contributed by atoms with E-state index in [1.165, 1.54) is 24.3 Å². The molecule has 0 spiro atoms. The van der Waals surface area contributed by atoms with Crippen LogP contribution in [-0.4, -0.2) is 11.9 Å². The predicted octanol–water partition coefficient (Wildman–Crippen LogP) is 4.36. The van der Waals surface area contributed by atoms with E-state index in [-0.39, 0.29) is 12.3 Å². The summed E-state index contributed by atoms with van der Waals surface area (Å²) in [6.45, 7) is 0. The first-order chi connectivity index (χ1) is 14.0. The Labute approximate surface area is 167 Å². The number of para-hydroxylation sites is 1. The molecule has 3 aromatic carbocycles. The van der Waals surface area contributed by atoms with Gasteiger partial charge in [0.05, 0.1) is 12.5 Å². The van der Waals surface area contributed by atoms with E-state index in [1.807, 2.05) is 30.3 Å². The van der Waals surface area contributed by atoms with E-state index in [1.54, 1.807) is 24.3 Å². The van der Waals surface area contributed by atoms with Gasteiger partial charge in [-0.15, -0.1) is 0 Å². The van der Waals surface area contributed by atoms with E-state index < -0.39 is 17.9 Å². The lowest BCUT2D eigenvalue weighted by molar-refractivity contribution is -0.116. The van der Waals surface area contributed by atoms with Crippen LogP contribution in [0.1, 0.15) is 18.0 Å². The Morgan fingerprint density at radius 2 is 1.62 bits per heavy atom. The number of halogens is 1. The lowest BCUT2D eigenvalue weighted by atomic mass is 10.0. The SMILES string of the molecule is NC(=O)NC(CC(=O)Nc1ccc(F)cc1)c1cccc(Oc2ccccc2)c1. The third-order valence-corrected chi connectivity index (χ3v) is 4.07. The van der Waals surface area contributed by atoms with Crippen molar-refractivity contribution in [3.05, 3.63) is 90.2 Å². The zero-order valence-corrected chi connectivity index (χ0v) is 15.5. The zero-order chi connectivity index (χ0) is 20.6. The van der Waals surface area contributed by atoms with Crippen molar-refractivity contribution in [3.63, 3.8) is 0 Å². The van der Waals surface area contributed by atoms with Crippen molar-refractivity contribution in [1.82, 2.24) is 5.32 Å². The summed E-state index contributed by atoms with van der Waals surface area (Å²) < 4.78 is 18.8. The van der Waals surface area contributed by atoms with Gasteiger partial charge in [-0.2, -0.15) is 0 Å². The number of primary amides is 1. The smallest absolute Gasteiger partial charge is 0.312 e. The normalized spacial score (nSPS) is 11.3. The van der Waals surface area contributed by atoms with Crippen molar-refractivity contribution in [2.75, 3.05) is 5.32 Å². The van der Waals surface area contributed by atoms with E-state index in [4.69, 9.17) is 10.5 Å². The molecule has 0 aliphatic carbocycles. The highest BCUT2D eigenvalue weighted by Crippen LogP contribution is 2.26. The van der Waals surface area contributed by atoms with Crippen LogP contribution in [0.25, 0.3) is 0 Å². The Morgan fingerprint density at radius 3 is 2.31 bits per heavy atom. The third kappa shape index (κ3) is 6.07. The number of carbonyl (C=O) groups is 2. The molecule has 1 unspecified atom stereocenters. The Balaban J connectivity index is 1.73. The van der Waals surface area contributed by atoms with E-state index in [2.05, 4.69) is 10.6 Å². The Hall–Kier alpha value is -3.87. The number of hydrogen-bond acceptors (Lipinski definition) is 3. The summed E-state index contributed by atoms with van der Waals surface area (Å²) in [5.41, 5.74) is 6.40. The molecule has 148 valence electrons. The van der Waals surface area contributed by atoms with Crippen LogP contribution in [0, 0.1) is 5.82 Å². The van der Waals surface area contributed by atoms with Crippen molar-refractivity contribution in [3.8, 4) is 11.5 Å². The predicted molar refractivity (Wildman–Crippen MR) is 108 cm³/mol. The molecule has 0 saturated carbocycles. The summed E-state index contributed by atoms with van der Waals surface area (Å²) in [6, 6.07) is 20.3. The van der Waals surface area contributed by atoms with Crippen LogP contribution in [0.3, 0.4) is 0 Å². The van der Waals surface area contributed by atoms with E-state index in [9.17, 15) is 14.0 Å². The average molecular weight is 393 g/mol. The second-order valence-corrected chi connectivity index (χ2v) is 6.31. The molecule has 4 N–H and O–H groups in total. The molecule has 0 saturated heterocycles. The summed E-state index contributed by atoms with van der Waals surface area (Å²) in [7, 11) is 0. The maximum Gasteiger partial charge on any atom is 0.312 e. The number of nitrogens with one attached hydrogen (secondary N) is 2. The number of hydrogen-bond donors (Lipinski definition) is 3. The molecule has 0 fully saturated rings. The van der Waals surface area contributed by atoms with Gasteiger partial charge in [0.1, 0.15) is 17.3 Å². The van der Waals surface area contributed by atoms with Crippen LogP contribution in [0.15, 0.2) is 78.9 Å². The molecule has 3 amide bonds. The fraction of sp³-hybridized carbons (Fsp3) is 0.0909. The molecule has 3 aromatic rings. The van der Waals surface area contributed by atoms with Gasteiger partial charge in [0, 0.05) is 5.69 Å². The Morgan fingerprint density at radius 1 is 0.931 bits per heavy atom. The van der Waals surface area contributed by atoms with Crippen molar-refractivity contribution in [2.24, 2.45) is 5.73 Å². The summed E-state index contributed by atoms with van der Waals surface area (Å²) in [5, 5.41) is 5.24. The van der Waals surface area contributed by atoms with E-state index >= 15 is 0 Å². The highest BCUT2D eigenvalue weighted by Gasteiger charge is 2.18. The van der Waals surface area contributed by atoms with E-state index in [0.717, 1.165) is 0 Å². The molecular weight excluding hydrogens is 373 g/mol. The topological polar surface area (TPSA) is 93.5 Å². The molecule has 7 heteroatoms. The first-order valence-corrected chi connectivity index (χ1v) is 8.94. The summed E-state index contributed by atoms with van der Waals surface area (Å²) >= 11 is 0. The van der Waals surface area contributed by atoms with E-state index in [0.29, 0.717) is 22.7 Å². The van der Waals surface area contributed by atoms with Gasteiger partial charge in [0.2, 0.25) is 5.91 Å². The number of carbonyl (C=O) groups excluding carboxylic acids is 2. The lowest BCUT2D eigenvalue weighted by Gasteiger charge is -2.18. The minimum Gasteiger partial charge on any atom is -0.457 e. The van der Waals surface area contributed by atoms with Gasteiger partial charge in [-0.05, 0) is 54.1 Å². The molecule has 0 bridgehead atoms. The second kappa shape index (κ2) is 9.36. The largest absolute Gasteiger partial charge is 0.457 e. The van der Waals surface area contributed by atoms with Crippen LogP contribution in [0.2, 0.25) is 0 Å². The number of nitrogens with two attached hydrogens (primary N) is 1. The van der Waals surface area contributed by atoms with Gasteiger partial charge in [-0.1, -0.05) is 30.3 Å². The van der Waals surface area contributed by atoms with Crippen LogP contribution < -0.4 is 21.1 Å². The maximum atomic E-state index is 13.0. The Kier molecular flexibility index (Phi) is 6.42. The van der Waals surface area contributed by atoms with Crippen molar-refractivity contribution < 1.29 is 18.7 Å². The quantitative estimate of drug-likeness (QED) is 0.557.